The molecule has 1 saturated carbocycles. The topological polar surface area (TPSA) is 42.0 Å². The summed E-state index contributed by atoms with van der Waals surface area (Å²) in [7, 11) is 0. The molecule has 0 atom stereocenters. The number of ketones is 1. The molecule has 0 aromatic carbocycles. The number of pyridine rings is 1. The molecule has 1 fully saturated rings. The van der Waals surface area contributed by atoms with E-state index >= 15 is 0 Å². The van der Waals surface area contributed by atoms with Crippen molar-refractivity contribution in [1.29, 1.82) is 0 Å². The monoisotopic (exact) mass is 204 g/mol. The van der Waals surface area contributed by atoms with Gasteiger partial charge in [-0.1, -0.05) is 0 Å². The molecule has 1 heterocycles. The summed E-state index contributed by atoms with van der Waals surface area (Å²) in [5, 5.41) is 3.23. The second-order valence-corrected chi connectivity index (χ2v) is 4.05. The number of hydrogen-bond acceptors (Lipinski definition) is 3. The Labute approximate surface area is 89.9 Å². The molecule has 15 heavy (non-hydrogen) atoms. The number of nitrogens with zero attached hydrogens (tertiary/aromatic N) is 1. The molecule has 1 aromatic heterocycles. The third kappa shape index (κ3) is 3.80. The zero-order valence-corrected chi connectivity index (χ0v) is 8.78. The molecule has 0 unspecified atom stereocenters. The van der Waals surface area contributed by atoms with Crippen LogP contribution in [0.5, 0.6) is 0 Å². The van der Waals surface area contributed by atoms with Crippen LogP contribution in [-0.2, 0) is 11.2 Å². The lowest BCUT2D eigenvalue weighted by Gasteiger charge is -2.02. The molecule has 1 N–H and O–H groups in total. The van der Waals surface area contributed by atoms with Crippen molar-refractivity contribution in [3.05, 3.63) is 30.1 Å². The first-order chi connectivity index (χ1) is 7.34. The SMILES string of the molecule is O=C(CCc1ccncc1)CNC1CC1. The fraction of sp³-hybridized carbons (Fsp3) is 0.500. The largest absolute Gasteiger partial charge is 0.307 e. The van der Waals surface area contributed by atoms with Crippen molar-refractivity contribution < 1.29 is 4.79 Å². The van der Waals surface area contributed by atoms with Crippen molar-refractivity contribution in [3.63, 3.8) is 0 Å². The molecule has 0 saturated heterocycles. The van der Waals surface area contributed by atoms with Crippen LogP contribution in [-0.4, -0.2) is 23.4 Å². The van der Waals surface area contributed by atoms with E-state index in [-0.39, 0.29) is 0 Å². The van der Waals surface area contributed by atoms with Crippen LogP contribution in [0.1, 0.15) is 24.8 Å². The van der Waals surface area contributed by atoms with Gasteiger partial charge >= 0.3 is 0 Å². The van der Waals surface area contributed by atoms with Gasteiger partial charge in [-0.2, -0.15) is 0 Å². The van der Waals surface area contributed by atoms with E-state index in [0.717, 1.165) is 6.42 Å². The van der Waals surface area contributed by atoms with Crippen LogP contribution in [0.15, 0.2) is 24.5 Å². The van der Waals surface area contributed by atoms with Crippen LogP contribution in [0.2, 0.25) is 0 Å². The van der Waals surface area contributed by atoms with E-state index in [4.69, 9.17) is 0 Å². The molecule has 1 aliphatic rings. The van der Waals surface area contributed by atoms with Crippen molar-refractivity contribution in [2.24, 2.45) is 0 Å². The average Bonchev–Trinajstić information content (AvgIpc) is 3.09. The fourth-order valence-corrected chi connectivity index (χ4v) is 1.47. The average molecular weight is 204 g/mol. The first kappa shape index (κ1) is 10.3. The molecule has 0 radical (unpaired) electrons. The Kier molecular flexibility index (Phi) is 3.45. The van der Waals surface area contributed by atoms with Gasteiger partial charge in [0.25, 0.3) is 0 Å². The van der Waals surface area contributed by atoms with Gasteiger partial charge in [-0.05, 0) is 37.0 Å². The predicted octanol–water partition coefficient (Wildman–Crippen LogP) is 1.34. The van der Waals surface area contributed by atoms with Gasteiger partial charge in [0.05, 0.1) is 6.54 Å². The number of aryl methyl sites for hydroxylation is 1. The third-order valence-corrected chi connectivity index (χ3v) is 2.61. The highest BCUT2D eigenvalue weighted by Gasteiger charge is 2.20. The maximum atomic E-state index is 11.5. The normalized spacial score (nSPS) is 15.2. The van der Waals surface area contributed by atoms with Crippen molar-refractivity contribution in [3.8, 4) is 0 Å². The molecule has 0 spiro atoms. The first-order valence-corrected chi connectivity index (χ1v) is 5.48. The predicted molar refractivity (Wildman–Crippen MR) is 58.6 cm³/mol. The molecular formula is C12H16N2O. The number of nitrogens with one attached hydrogen (secondary N) is 1. The van der Waals surface area contributed by atoms with E-state index in [9.17, 15) is 4.79 Å². The summed E-state index contributed by atoms with van der Waals surface area (Å²) in [5.41, 5.74) is 1.18. The van der Waals surface area contributed by atoms with Gasteiger partial charge < -0.3 is 5.32 Å². The quantitative estimate of drug-likeness (QED) is 0.760. The Morgan fingerprint density at radius 3 is 2.80 bits per heavy atom. The fourth-order valence-electron chi connectivity index (χ4n) is 1.47. The lowest BCUT2D eigenvalue weighted by molar-refractivity contribution is -0.118. The molecule has 3 heteroatoms. The Balaban J connectivity index is 1.66. The highest BCUT2D eigenvalue weighted by molar-refractivity contribution is 5.80. The summed E-state index contributed by atoms with van der Waals surface area (Å²) >= 11 is 0. The lowest BCUT2D eigenvalue weighted by Crippen LogP contribution is -2.24. The van der Waals surface area contributed by atoms with Crippen LogP contribution in [0, 0.1) is 0 Å². The molecule has 0 aliphatic heterocycles. The summed E-state index contributed by atoms with van der Waals surface area (Å²) < 4.78 is 0. The van der Waals surface area contributed by atoms with Gasteiger partial charge in [0.15, 0.2) is 0 Å². The van der Waals surface area contributed by atoms with Gasteiger partial charge in [0.1, 0.15) is 5.78 Å². The van der Waals surface area contributed by atoms with E-state index < -0.39 is 0 Å². The standard InChI is InChI=1S/C12H16N2O/c15-12(9-14-11-2-3-11)4-1-10-5-7-13-8-6-10/h5-8,11,14H,1-4,9H2. The lowest BCUT2D eigenvalue weighted by atomic mass is 10.1. The zero-order chi connectivity index (χ0) is 10.5. The first-order valence-electron chi connectivity index (χ1n) is 5.48. The number of Topliss-reactive ketones (excluding diaryl/α,β-unsaturated/α-hetero) is 1. The van der Waals surface area contributed by atoms with Crippen LogP contribution in [0.3, 0.4) is 0 Å². The Morgan fingerprint density at radius 1 is 1.40 bits per heavy atom. The maximum absolute atomic E-state index is 11.5. The minimum Gasteiger partial charge on any atom is -0.307 e. The van der Waals surface area contributed by atoms with E-state index in [1.165, 1.54) is 18.4 Å². The van der Waals surface area contributed by atoms with Gasteiger partial charge in [-0.3, -0.25) is 9.78 Å². The summed E-state index contributed by atoms with van der Waals surface area (Å²) in [6, 6.07) is 4.54. The molecule has 1 aliphatic carbocycles. The number of aromatic nitrogens is 1. The van der Waals surface area contributed by atoms with Crippen LogP contribution >= 0.6 is 0 Å². The molecule has 80 valence electrons. The number of rotatable bonds is 6. The summed E-state index contributed by atoms with van der Waals surface area (Å²) in [4.78, 5) is 15.4. The van der Waals surface area contributed by atoms with Gasteiger partial charge in [-0.25, -0.2) is 0 Å². The Morgan fingerprint density at radius 2 is 2.13 bits per heavy atom. The van der Waals surface area contributed by atoms with Crippen molar-refractivity contribution in [2.45, 2.75) is 31.7 Å². The third-order valence-electron chi connectivity index (χ3n) is 2.61. The van der Waals surface area contributed by atoms with E-state index in [2.05, 4.69) is 10.3 Å². The van der Waals surface area contributed by atoms with Gasteiger partial charge in [0.2, 0.25) is 0 Å². The van der Waals surface area contributed by atoms with E-state index in [0.29, 0.717) is 24.8 Å². The van der Waals surface area contributed by atoms with Crippen LogP contribution in [0.25, 0.3) is 0 Å². The van der Waals surface area contributed by atoms with E-state index in [1.54, 1.807) is 12.4 Å². The molecule has 0 bridgehead atoms. The number of carbonyl (C=O) groups is 1. The van der Waals surface area contributed by atoms with Crippen molar-refractivity contribution in [1.82, 2.24) is 10.3 Å². The Hall–Kier alpha value is -1.22. The molecule has 2 rings (SSSR count). The van der Waals surface area contributed by atoms with Crippen molar-refractivity contribution >= 4 is 5.78 Å². The highest BCUT2D eigenvalue weighted by atomic mass is 16.1. The Bertz CT molecular complexity index is 320. The smallest absolute Gasteiger partial charge is 0.146 e. The summed E-state index contributed by atoms with van der Waals surface area (Å²) in [6.07, 6.45) is 7.46. The van der Waals surface area contributed by atoms with Crippen molar-refractivity contribution in [2.75, 3.05) is 6.54 Å². The van der Waals surface area contributed by atoms with E-state index in [1.807, 2.05) is 12.1 Å². The highest BCUT2D eigenvalue weighted by Crippen LogP contribution is 2.18. The van der Waals surface area contributed by atoms with Crippen LogP contribution < -0.4 is 5.32 Å². The summed E-state index contributed by atoms with van der Waals surface area (Å²) in [5.74, 6) is 0.304. The zero-order valence-electron chi connectivity index (χ0n) is 8.78. The molecular weight excluding hydrogens is 188 g/mol. The second kappa shape index (κ2) is 5.03. The molecule has 0 amide bonds. The number of carbonyl (C=O) groups excluding carboxylic acids is 1. The van der Waals surface area contributed by atoms with Gasteiger partial charge in [0, 0.05) is 24.9 Å². The number of hydrogen-bond donors (Lipinski definition) is 1. The minimum atomic E-state index is 0.304. The molecule has 1 aromatic rings. The summed E-state index contributed by atoms with van der Waals surface area (Å²) in [6.45, 7) is 0.537. The second-order valence-electron chi connectivity index (χ2n) is 4.05. The van der Waals surface area contributed by atoms with Gasteiger partial charge in [-0.15, -0.1) is 0 Å². The van der Waals surface area contributed by atoms with Crippen LogP contribution in [0.4, 0.5) is 0 Å². The minimum absolute atomic E-state index is 0.304. The maximum Gasteiger partial charge on any atom is 0.146 e. The molecule has 3 nitrogen and oxygen atoms in total.